The van der Waals surface area contributed by atoms with Crippen molar-refractivity contribution in [2.45, 2.75) is 0 Å². The Bertz CT molecular complexity index is 415. The Balaban J connectivity index is 2.73. The lowest BCUT2D eigenvalue weighted by Gasteiger charge is -1.99. The predicted molar refractivity (Wildman–Crippen MR) is 51.7 cm³/mol. The Hall–Kier alpha value is -0.680. The van der Waals surface area contributed by atoms with E-state index in [0.717, 1.165) is 14.8 Å². The Morgan fingerprint density at radius 3 is 3.17 bits per heavy atom. The van der Waals surface area contributed by atoms with E-state index in [9.17, 15) is 0 Å². The van der Waals surface area contributed by atoms with Crippen LogP contribution >= 0.6 is 27.3 Å². The Kier molecular flexibility index (Phi) is 1.98. The molecule has 0 saturated heterocycles. The molecule has 2 aromatic rings. The monoisotopic (exact) mass is 244 g/mol. The van der Waals surface area contributed by atoms with Gasteiger partial charge in [0.05, 0.1) is 17.1 Å². The van der Waals surface area contributed by atoms with Crippen LogP contribution in [0.15, 0.2) is 16.0 Å². The van der Waals surface area contributed by atoms with Crippen LogP contribution in [0, 0.1) is 0 Å². The summed E-state index contributed by atoms with van der Waals surface area (Å²) in [7, 11) is 1.60. The standard InChI is InChI=1S/C7H5BrN2OS/c1-11-6-4(8)2-5-7(10-6)12-3-9-5/h2-3H,1H3. The first-order valence-electron chi connectivity index (χ1n) is 3.25. The van der Waals surface area contributed by atoms with E-state index in [1.165, 1.54) is 11.3 Å². The largest absolute Gasteiger partial charge is 0.480 e. The van der Waals surface area contributed by atoms with Gasteiger partial charge in [0, 0.05) is 0 Å². The molecule has 0 saturated carbocycles. The number of aromatic nitrogens is 2. The fraction of sp³-hybridized carbons (Fsp3) is 0.143. The molecule has 2 aromatic heterocycles. The van der Waals surface area contributed by atoms with E-state index in [2.05, 4.69) is 25.9 Å². The van der Waals surface area contributed by atoms with Crippen molar-refractivity contribution < 1.29 is 4.74 Å². The van der Waals surface area contributed by atoms with Crippen LogP contribution in [-0.4, -0.2) is 17.1 Å². The Morgan fingerprint density at radius 1 is 1.58 bits per heavy atom. The van der Waals surface area contributed by atoms with Gasteiger partial charge in [-0.15, -0.1) is 11.3 Å². The fourth-order valence-electron chi connectivity index (χ4n) is 0.902. The molecule has 0 unspecified atom stereocenters. The van der Waals surface area contributed by atoms with Crippen molar-refractivity contribution in [1.82, 2.24) is 9.97 Å². The summed E-state index contributed by atoms with van der Waals surface area (Å²) in [5, 5.41) is 0. The van der Waals surface area contributed by atoms with E-state index in [1.807, 2.05) is 6.07 Å². The summed E-state index contributed by atoms with van der Waals surface area (Å²) in [6.45, 7) is 0. The molecule has 0 bridgehead atoms. The molecule has 0 N–H and O–H groups in total. The maximum absolute atomic E-state index is 5.04. The van der Waals surface area contributed by atoms with Crippen LogP contribution in [0.5, 0.6) is 5.88 Å². The molecule has 2 rings (SSSR count). The van der Waals surface area contributed by atoms with Gasteiger partial charge in [-0.2, -0.15) is 4.98 Å². The van der Waals surface area contributed by atoms with E-state index in [0.29, 0.717) is 5.88 Å². The van der Waals surface area contributed by atoms with E-state index < -0.39 is 0 Å². The van der Waals surface area contributed by atoms with Crippen LogP contribution in [0.1, 0.15) is 0 Å². The minimum absolute atomic E-state index is 0.603. The molecule has 2 heterocycles. The predicted octanol–water partition coefficient (Wildman–Crippen LogP) is 2.46. The van der Waals surface area contributed by atoms with Crippen molar-refractivity contribution in [2.75, 3.05) is 7.11 Å². The van der Waals surface area contributed by atoms with Crippen LogP contribution in [0.4, 0.5) is 0 Å². The van der Waals surface area contributed by atoms with Gasteiger partial charge in [0.1, 0.15) is 10.3 Å². The van der Waals surface area contributed by atoms with E-state index in [-0.39, 0.29) is 0 Å². The summed E-state index contributed by atoms with van der Waals surface area (Å²) in [6.07, 6.45) is 0. The summed E-state index contributed by atoms with van der Waals surface area (Å²) >= 11 is 4.84. The number of fused-ring (bicyclic) bond motifs is 1. The lowest BCUT2D eigenvalue weighted by atomic mass is 10.4. The second kappa shape index (κ2) is 2.99. The van der Waals surface area contributed by atoms with Crippen LogP contribution in [0.3, 0.4) is 0 Å². The topological polar surface area (TPSA) is 35.0 Å². The minimum atomic E-state index is 0.603. The molecular weight excluding hydrogens is 240 g/mol. The fourth-order valence-corrected chi connectivity index (χ4v) is 2.00. The third-order valence-corrected chi connectivity index (χ3v) is 2.74. The number of hydrogen-bond acceptors (Lipinski definition) is 4. The van der Waals surface area contributed by atoms with E-state index in [4.69, 9.17) is 4.74 Å². The summed E-state index contributed by atoms with van der Waals surface area (Å²) in [4.78, 5) is 9.26. The van der Waals surface area contributed by atoms with Gasteiger partial charge in [-0.1, -0.05) is 0 Å². The van der Waals surface area contributed by atoms with Crippen LogP contribution in [0.25, 0.3) is 10.3 Å². The van der Waals surface area contributed by atoms with Crippen molar-refractivity contribution in [3.63, 3.8) is 0 Å². The third-order valence-electron chi connectivity index (χ3n) is 1.44. The van der Waals surface area contributed by atoms with Crippen LogP contribution < -0.4 is 4.74 Å². The van der Waals surface area contributed by atoms with Gasteiger partial charge < -0.3 is 4.74 Å². The van der Waals surface area contributed by atoms with Crippen LogP contribution in [-0.2, 0) is 0 Å². The number of ether oxygens (including phenoxy) is 1. The van der Waals surface area contributed by atoms with Crippen molar-refractivity contribution >= 4 is 37.6 Å². The molecule has 0 atom stereocenters. The van der Waals surface area contributed by atoms with Gasteiger partial charge in [-0.25, -0.2) is 4.98 Å². The molecule has 0 aliphatic carbocycles. The van der Waals surface area contributed by atoms with E-state index >= 15 is 0 Å². The first-order valence-corrected chi connectivity index (χ1v) is 4.92. The van der Waals surface area contributed by atoms with Crippen molar-refractivity contribution in [1.29, 1.82) is 0 Å². The maximum Gasteiger partial charge on any atom is 0.229 e. The average Bonchev–Trinajstić information content (AvgIpc) is 2.49. The normalized spacial score (nSPS) is 10.5. The summed E-state index contributed by atoms with van der Waals surface area (Å²) in [6, 6.07) is 1.90. The number of thiazole rings is 1. The van der Waals surface area contributed by atoms with E-state index in [1.54, 1.807) is 12.6 Å². The zero-order chi connectivity index (χ0) is 8.55. The second-order valence-electron chi connectivity index (χ2n) is 2.16. The first-order chi connectivity index (χ1) is 5.81. The highest BCUT2D eigenvalue weighted by molar-refractivity contribution is 9.10. The number of rotatable bonds is 1. The Morgan fingerprint density at radius 2 is 2.42 bits per heavy atom. The molecule has 0 aliphatic rings. The molecule has 5 heteroatoms. The number of pyridine rings is 1. The van der Waals surface area contributed by atoms with Crippen molar-refractivity contribution in [3.05, 3.63) is 16.0 Å². The molecule has 62 valence electrons. The lowest BCUT2D eigenvalue weighted by Crippen LogP contribution is -1.87. The summed E-state index contributed by atoms with van der Waals surface area (Å²) in [5.74, 6) is 0.603. The molecule has 0 aliphatic heterocycles. The van der Waals surface area contributed by atoms with Gasteiger partial charge in [0.15, 0.2) is 0 Å². The number of halogens is 1. The number of hydrogen-bond donors (Lipinski definition) is 0. The molecule has 0 radical (unpaired) electrons. The lowest BCUT2D eigenvalue weighted by molar-refractivity contribution is 0.397. The van der Waals surface area contributed by atoms with Gasteiger partial charge in [0.25, 0.3) is 0 Å². The van der Waals surface area contributed by atoms with Gasteiger partial charge in [-0.05, 0) is 22.0 Å². The number of methoxy groups -OCH3 is 1. The van der Waals surface area contributed by atoms with Gasteiger partial charge >= 0.3 is 0 Å². The molecule has 0 aromatic carbocycles. The van der Waals surface area contributed by atoms with Crippen molar-refractivity contribution in [3.8, 4) is 5.88 Å². The maximum atomic E-state index is 5.04. The SMILES string of the molecule is COc1nc2scnc2cc1Br. The zero-order valence-electron chi connectivity index (χ0n) is 6.24. The highest BCUT2D eigenvalue weighted by Gasteiger charge is 2.05. The average molecular weight is 245 g/mol. The minimum Gasteiger partial charge on any atom is -0.480 e. The highest BCUT2D eigenvalue weighted by Crippen LogP contribution is 2.27. The first kappa shape index (κ1) is 7.94. The highest BCUT2D eigenvalue weighted by atomic mass is 79.9. The molecule has 0 fully saturated rings. The molecule has 12 heavy (non-hydrogen) atoms. The zero-order valence-corrected chi connectivity index (χ0v) is 8.65. The molecular formula is C7H5BrN2OS. The Labute approximate surface area is 81.5 Å². The van der Waals surface area contributed by atoms with Gasteiger partial charge in [-0.3, -0.25) is 0 Å². The quantitative estimate of drug-likeness (QED) is 0.774. The molecule has 3 nitrogen and oxygen atoms in total. The smallest absolute Gasteiger partial charge is 0.229 e. The summed E-state index contributed by atoms with van der Waals surface area (Å²) in [5.41, 5.74) is 2.66. The third kappa shape index (κ3) is 1.19. The number of nitrogens with zero attached hydrogens (tertiary/aromatic N) is 2. The van der Waals surface area contributed by atoms with Crippen molar-refractivity contribution in [2.24, 2.45) is 0 Å². The second-order valence-corrected chi connectivity index (χ2v) is 3.84. The molecule has 0 spiro atoms. The van der Waals surface area contributed by atoms with Crippen LogP contribution in [0.2, 0.25) is 0 Å². The molecule has 0 amide bonds. The summed E-state index contributed by atoms with van der Waals surface area (Å²) < 4.78 is 5.88. The van der Waals surface area contributed by atoms with Gasteiger partial charge in [0.2, 0.25) is 5.88 Å².